The molecular formula is C17H29N3O. The predicted molar refractivity (Wildman–Crippen MR) is 89.7 cm³/mol. The van der Waals surface area contributed by atoms with Gasteiger partial charge in [-0.3, -0.25) is 4.79 Å². The summed E-state index contributed by atoms with van der Waals surface area (Å²) in [5.41, 5.74) is 3.63. The average Bonchev–Trinajstić information content (AvgIpc) is 2.43. The van der Waals surface area contributed by atoms with E-state index in [1.807, 2.05) is 11.9 Å². The maximum Gasteiger partial charge on any atom is 0.239 e. The molecule has 0 unspecified atom stereocenters. The number of benzene rings is 1. The lowest BCUT2D eigenvalue weighted by Gasteiger charge is -2.20. The topological polar surface area (TPSA) is 44.4 Å². The van der Waals surface area contributed by atoms with Crippen molar-refractivity contribution in [3.8, 4) is 0 Å². The number of hydrogen-bond donors (Lipinski definition) is 2. The van der Waals surface area contributed by atoms with Crippen molar-refractivity contribution in [3.05, 3.63) is 29.3 Å². The molecule has 4 nitrogen and oxygen atoms in total. The molecule has 0 heterocycles. The molecule has 0 aliphatic carbocycles. The number of carbonyl (C=O) groups excluding carboxylic acids is 1. The van der Waals surface area contributed by atoms with E-state index in [4.69, 9.17) is 0 Å². The second-order valence-electron chi connectivity index (χ2n) is 5.95. The van der Waals surface area contributed by atoms with Crippen LogP contribution >= 0.6 is 0 Å². The minimum atomic E-state index is 0.0700. The quantitative estimate of drug-likeness (QED) is 0.772. The zero-order valence-electron chi connectivity index (χ0n) is 14.0. The Labute approximate surface area is 128 Å². The van der Waals surface area contributed by atoms with Gasteiger partial charge < -0.3 is 15.5 Å². The Morgan fingerprint density at radius 1 is 1.33 bits per heavy atom. The van der Waals surface area contributed by atoms with Crippen molar-refractivity contribution >= 4 is 11.6 Å². The van der Waals surface area contributed by atoms with Crippen LogP contribution in [0.25, 0.3) is 0 Å². The lowest BCUT2D eigenvalue weighted by atomic mass is 10.1. The van der Waals surface area contributed by atoms with Gasteiger partial charge in [-0.25, -0.2) is 0 Å². The van der Waals surface area contributed by atoms with Gasteiger partial charge in [0, 0.05) is 25.8 Å². The maximum atomic E-state index is 11.9. The first-order chi connectivity index (χ1) is 9.93. The largest absolute Gasteiger partial charge is 0.365 e. The lowest BCUT2D eigenvalue weighted by molar-refractivity contribution is -0.119. The van der Waals surface area contributed by atoms with Gasteiger partial charge in [0.15, 0.2) is 0 Å². The molecule has 0 radical (unpaired) electrons. The van der Waals surface area contributed by atoms with E-state index in [2.05, 4.69) is 56.5 Å². The number of nitrogens with one attached hydrogen (secondary N) is 2. The third kappa shape index (κ3) is 6.17. The normalized spacial score (nSPS) is 10.8. The van der Waals surface area contributed by atoms with Crippen LogP contribution in [-0.4, -0.2) is 32.6 Å². The summed E-state index contributed by atoms with van der Waals surface area (Å²) < 4.78 is 0. The van der Waals surface area contributed by atoms with E-state index < -0.39 is 0 Å². The summed E-state index contributed by atoms with van der Waals surface area (Å²) in [6.07, 6.45) is 0. The van der Waals surface area contributed by atoms with Crippen LogP contribution < -0.4 is 15.5 Å². The molecule has 0 saturated heterocycles. The monoisotopic (exact) mass is 291 g/mol. The first kappa shape index (κ1) is 17.5. The van der Waals surface area contributed by atoms with Crippen molar-refractivity contribution < 1.29 is 4.79 Å². The highest BCUT2D eigenvalue weighted by atomic mass is 16.2. The Morgan fingerprint density at radius 2 is 2.05 bits per heavy atom. The molecule has 0 bridgehead atoms. The van der Waals surface area contributed by atoms with E-state index in [0.29, 0.717) is 12.5 Å². The Bertz CT molecular complexity index is 457. The molecule has 1 rings (SSSR count). The second-order valence-corrected chi connectivity index (χ2v) is 5.95. The van der Waals surface area contributed by atoms with E-state index in [-0.39, 0.29) is 5.91 Å². The smallest absolute Gasteiger partial charge is 0.239 e. The zero-order chi connectivity index (χ0) is 15.8. The van der Waals surface area contributed by atoms with Crippen LogP contribution in [0.3, 0.4) is 0 Å². The zero-order valence-corrected chi connectivity index (χ0v) is 14.0. The van der Waals surface area contributed by atoms with Gasteiger partial charge in [0.05, 0.1) is 6.54 Å². The molecule has 0 aliphatic rings. The van der Waals surface area contributed by atoms with Gasteiger partial charge in [0.2, 0.25) is 5.91 Å². The fraction of sp³-hybridized carbons (Fsp3) is 0.588. The molecular weight excluding hydrogens is 262 g/mol. The predicted octanol–water partition coefficient (Wildman–Crippen LogP) is 2.31. The van der Waals surface area contributed by atoms with Gasteiger partial charge in [0.25, 0.3) is 0 Å². The van der Waals surface area contributed by atoms with Crippen molar-refractivity contribution in [2.24, 2.45) is 5.92 Å². The van der Waals surface area contributed by atoms with Gasteiger partial charge in [-0.2, -0.15) is 0 Å². The highest BCUT2D eigenvalue weighted by Crippen LogP contribution is 2.18. The Balaban J connectivity index is 2.59. The number of hydrogen-bond acceptors (Lipinski definition) is 3. The summed E-state index contributed by atoms with van der Waals surface area (Å²) in [5, 5.41) is 6.28. The molecule has 0 aliphatic heterocycles. The fourth-order valence-corrected chi connectivity index (χ4v) is 2.06. The number of rotatable bonds is 8. The number of anilines is 1. The van der Waals surface area contributed by atoms with Gasteiger partial charge in [-0.1, -0.05) is 26.8 Å². The molecule has 21 heavy (non-hydrogen) atoms. The number of aryl methyl sites for hydroxylation is 1. The van der Waals surface area contributed by atoms with Crippen molar-refractivity contribution in [2.45, 2.75) is 34.2 Å². The van der Waals surface area contributed by atoms with Crippen LogP contribution in [-0.2, 0) is 11.3 Å². The van der Waals surface area contributed by atoms with Crippen molar-refractivity contribution in [1.29, 1.82) is 0 Å². The summed E-state index contributed by atoms with van der Waals surface area (Å²) in [7, 11) is 1.95. The highest BCUT2D eigenvalue weighted by Gasteiger charge is 2.09. The third-order valence-electron chi connectivity index (χ3n) is 3.42. The minimum Gasteiger partial charge on any atom is -0.365 e. The van der Waals surface area contributed by atoms with Crippen LogP contribution in [0.1, 0.15) is 31.9 Å². The Morgan fingerprint density at radius 3 is 2.62 bits per heavy atom. The van der Waals surface area contributed by atoms with E-state index in [0.717, 1.165) is 25.3 Å². The van der Waals surface area contributed by atoms with Crippen molar-refractivity contribution in [3.63, 3.8) is 0 Å². The average molecular weight is 291 g/mol. The first-order valence-corrected chi connectivity index (χ1v) is 7.72. The molecule has 1 amide bonds. The van der Waals surface area contributed by atoms with E-state index in [1.54, 1.807) is 0 Å². The van der Waals surface area contributed by atoms with Gasteiger partial charge in [0.1, 0.15) is 0 Å². The molecule has 1 aromatic rings. The summed E-state index contributed by atoms with van der Waals surface area (Å²) in [6, 6.07) is 6.35. The minimum absolute atomic E-state index is 0.0700. The van der Waals surface area contributed by atoms with Gasteiger partial charge in [-0.05, 0) is 42.6 Å². The van der Waals surface area contributed by atoms with Crippen LogP contribution in [0.15, 0.2) is 18.2 Å². The molecule has 118 valence electrons. The van der Waals surface area contributed by atoms with E-state index in [9.17, 15) is 4.79 Å². The molecule has 0 aromatic heterocycles. The molecule has 0 fully saturated rings. The van der Waals surface area contributed by atoms with E-state index >= 15 is 0 Å². The van der Waals surface area contributed by atoms with Crippen LogP contribution in [0, 0.1) is 12.8 Å². The number of amides is 1. The summed E-state index contributed by atoms with van der Waals surface area (Å²) in [4.78, 5) is 13.8. The van der Waals surface area contributed by atoms with Crippen LogP contribution in [0.5, 0.6) is 0 Å². The molecule has 2 N–H and O–H groups in total. The van der Waals surface area contributed by atoms with Gasteiger partial charge >= 0.3 is 0 Å². The summed E-state index contributed by atoms with van der Waals surface area (Å²) in [5.74, 6) is 0.549. The Kier molecular flexibility index (Phi) is 7.23. The highest BCUT2D eigenvalue weighted by molar-refractivity contribution is 5.81. The number of nitrogens with zero attached hydrogens (tertiary/aromatic N) is 1. The molecule has 0 spiro atoms. The summed E-state index contributed by atoms with van der Waals surface area (Å²) >= 11 is 0. The second kappa shape index (κ2) is 8.67. The van der Waals surface area contributed by atoms with Crippen molar-refractivity contribution in [1.82, 2.24) is 10.6 Å². The van der Waals surface area contributed by atoms with Gasteiger partial charge in [-0.15, -0.1) is 0 Å². The van der Waals surface area contributed by atoms with Crippen LogP contribution in [0.2, 0.25) is 0 Å². The molecule has 1 aromatic carbocycles. The number of likely N-dealkylation sites (N-methyl/N-ethyl adjacent to an activating group) is 1. The van der Waals surface area contributed by atoms with Crippen LogP contribution in [0.4, 0.5) is 5.69 Å². The van der Waals surface area contributed by atoms with Crippen molar-refractivity contribution in [2.75, 3.05) is 31.6 Å². The SMILES string of the molecule is CCNCc1ccc(N(C)CC(=O)NCC(C)C)cc1C. The third-order valence-corrected chi connectivity index (χ3v) is 3.42. The molecule has 4 heteroatoms. The Hall–Kier alpha value is -1.55. The fourth-order valence-electron chi connectivity index (χ4n) is 2.06. The number of carbonyl (C=O) groups is 1. The standard InChI is InChI=1S/C17H29N3O/c1-6-18-11-15-7-8-16(9-14(15)4)20(5)12-17(21)19-10-13(2)3/h7-9,13,18H,6,10-12H2,1-5H3,(H,19,21). The summed E-state index contributed by atoms with van der Waals surface area (Å²) in [6.45, 7) is 11.4. The maximum absolute atomic E-state index is 11.9. The van der Waals surface area contributed by atoms with E-state index in [1.165, 1.54) is 11.1 Å². The molecule has 0 saturated carbocycles. The lowest BCUT2D eigenvalue weighted by Crippen LogP contribution is -2.36. The first-order valence-electron chi connectivity index (χ1n) is 7.72. The molecule has 0 atom stereocenters.